The van der Waals surface area contributed by atoms with Crippen molar-refractivity contribution in [3.63, 3.8) is 0 Å². The van der Waals surface area contributed by atoms with E-state index in [1.165, 1.54) is 24.2 Å². The zero-order valence-electron chi connectivity index (χ0n) is 12.1. The number of benzene rings is 1. The number of hydrogen-bond acceptors (Lipinski definition) is 3. The molecule has 2 rings (SSSR count). The molecule has 2 N–H and O–H groups in total. The van der Waals surface area contributed by atoms with Crippen LogP contribution in [0.4, 0.5) is 0 Å². The van der Waals surface area contributed by atoms with Crippen molar-refractivity contribution in [2.24, 2.45) is 5.92 Å². The Kier molecular flexibility index (Phi) is 6.40. The van der Waals surface area contributed by atoms with Crippen molar-refractivity contribution in [3.8, 4) is 0 Å². The van der Waals surface area contributed by atoms with E-state index in [-0.39, 0.29) is 12.1 Å². The average molecular weight is 358 g/mol. The van der Waals surface area contributed by atoms with E-state index in [0.29, 0.717) is 5.92 Å². The smallest absolute Gasteiger partial charge is 0.0616 e. The summed E-state index contributed by atoms with van der Waals surface area (Å²) in [6, 6.07) is 8.50. The number of likely N-dealkylation sites (N-methyl/N-ethyl adjacent to an activating group) is 1. The molecule has 1 aromatic rings. The first-order valence-corrected chi connectivity index (χ1v) is 9.22. The molecule has 0 bridgehead atoms. The van der Waals surface area contributed by atoms with Crippen molar-refractivity contribution in [3.05, 3.63) is 28.7 Å². The normalized spacial score (nSPS) is 26.1. The molecule has 1 fully saturated rings. The Morgan fingerprint density at radius 3 is 2.80 bits per heavy atom. The van der Waals surface area contributed by atoms with Crippen molar-refractivity contribution >= 4 is 27.7 Å². The maximum Gasteiger partial charge on any atom is 0.0616 e. The fraction of sp³-hybridized carbons (Fsp3) is 0.625. The topological polar surface area (TPSA) is 32.3 Å². The van der Waals surface area contributed by atoms with Gasteiger partial charge in [0.2, 0.25) is 0 Å². The van der Waals surface area contributed by atoms with Crippen LogP contribution in [-0.4, -0.2) is 29.5 Å². The summed E-state index contributed by atoms with van der Waals surface area (Å²) in [5.74, 6) is 1.73. The van der Waals surface area contributed by atoms with Crippen molar-refractivity contribution in [2.45, 2.75) is 43.0 Å². The predicted octanol–water partition coefficient (Wildman–Crippen LogP) is 4.07. The van der Waals surface area contributed by atoms with Crippen LogP contribution in [0.15, 0.2) is 33.6 Å². The van der Waals surface area contributed by atoms with Gasteiger partial charge in [0.25, 0.3) is 0 Å². The molecular weight excluding hydrogens is 334 g/mol. The lowest BCUT2D eigenvalue weighted by atomic mass is 9.86. The third kappa shape index (κ3) is 4.00. The Labute approximate surface area is 134 Å². The largest absolute Gasteiger partial charge is 0.394 e. The van der Waals surface area contributed by atoms with Crippen molar-refractivity contribution < 1.29 is 5.11 Å². The third-order valence-electron chi connectivity index (χ3n) is 4.32. The van der Waals surface area contributed by atoms with E-state index in [0.717, 1.165) is 23.2 Å². The second-order valence-electron chi connectivity index (χ2n) is 5.52. The summed E-state index contributed by atoms with van der Waals surface area (Å²) in [4.78, 5) is 1.32. The van der Waals surface area contributed by atoms with E-state index in [4.69, 9.17) is 0 Å². The Balaban J connectivity index is 1.85. The second kappa shape index (κ2) is 7.83. The van der Waals surface area contributed by atoms with Crippen LogP contribution in [0.5, 0.6) is 0 Å². The first kappa shape index (κ1) is 16.3. The summed E-state index contributed by atoms with van der Waals surface area (Å²) in [5.41, 5.74) is -0.0188. The molecule has 0 amide bonds. The highest BCUT2D eigenvalue weighted by atomic mass is 79.9. The Hall–Kier alpha value is -0.0300. The molecule has 2 nitrogen and oxygen atoms in total. The maximum atomic E-state index is 9.79. The highest BCUT2D eigenvalue weighted by molar-refractivity contribution is 9.10. The molecule has 20 heavy (non-hydrogen) atoms. The predicted molar refractivity (Wildman–Crippen MR) is 90.3 cm³/mol. The molecule has 0 aromatic heterocycles. The minimum atomic E-state index is -0.0188. The SMILES string of the molecule is CCNC1(CO)CCCC1CCSc1ccc(Br)cc1. The van der Waals surface area contributed by atoms with Crippen molar-refractivity contribution in [1.29, 1.82) is 0 Å². The highest BCUT2D eigenvalue weighted by Gasteiger charge is 2.41. The number of aliphatic hydroxyl groups is 1. The van der Waals surface area contributed by atoms with Crippen LogP contribution < -0.4 is 5.32 Å². The third-order valence-corrected chi connectivity index (χ3v) is 5.89. The first-order chi connectivity index (χ1) is 9.70. The molecule has 0 radical (unpaired) electrons. The fourth-order valence-electron chi connectivity index (χ4n) is 3.26. The molecule has 112 valence electrons. The lowest BCUT2D eigenvalue weighted by Crippen LogP contribution is -2.51. The van der Waals surface area contributed by atoms with Gasteiger partial charge in [-0.05, 0) is 61.7 Å². The van der Waals surface area contributed by atoms with Gasteiger partial charge in [-0.2, -0.15) is 0 Å². The lowest BCUT2D eigenvalue weighted by molar-refractivity contribution is 0.124. The molecule has 1 aromatic carbocycles. The van der Waals surface area contributed by atoms with Gasteiger partial charge in [0, 0.05) is 14.9 Å². The van der Waals surface area contributed by atoms with Gasteiger partial charge < -0.3 is 10.4 Å². The van der Waals surface area contributed by atoms with Gasteiger partial charge in [-0.15, -0.1) is 11.8 Å². The summed E-state index contributed by atoms with van der Waals surface area (Å²) < 4.78 is 1.13. The molecule has 1 saturated carbocycles. The Morgan fingerprint density at radius 1 is 1.40 bits per heavy atom. The number of nitrogens with one attached hydrogen (secondary N) is 1. The molecule has 1 aliphatic carbocycles. The van der Waals surface area contributed by atoms with Crippen LogP contribution in [-0.2, 0) is 0 Å². The maximum absolute atomic E-state index is 9.79. The lowest BCUT2D eigenvalue weighted by Gasteiger charge is -2.35. The first-order valence-electron chi connectivity index (χ1n) is 7.44. The zero-order chi connectivity index (χ0) is 14.4. The summed E-state index contributed by atoms with van der Waals surface area (Å²) >= 11 is 5.38. The van der Waals surface area contributed by atoms with Gasteiger partial charge in [-0.1, -0.05) is 29.3 Å². The standard InChI is InChI=1S/C16H24BrNOS/c1-2-18-16(12-19)10-3-4-13(16)9-11-20-15-7-5-14(17)6-8-15/h5-8,13,18-19H,2-4,9-12H2,1H3. The summed E-state index contributed by atoms with van der Waals surface area (Å²) in [6.07, 6.45) is 4.77. The Morgan fingerprint density at radius 2 is 2.15 bits per heavy atom. The van der Waals surface area contributed by atoms with Crippen LogP contribution in [0.25, 0.3) is 0 Å². The van der Waals surface area contributed by atoms with Crippen molar-refractivity contribution in [1.82, 2.24) is 5.32 Å². The highest BCUT2D eigenvalue weighted by Crippen LogP contribution is 2.38. The zero-order valence-corrected chi connectivity index (χ0v) is 14.5. The van der Waals surface area contributed by atoms with E-state index < -0.39 is 0 Å². The van der Waals surface area contributed by atoms with Gasteiger partial charge in [-0.25, -0.2) is 0 Å². The molecule has 0 aliphatic heterocycles. The monoisotopic (exact) mass is 357 g/mol. The fourth-order valence-corrected chi connectivity index (χ4v) is 4.49. The van der Waals surface area contributed by atoms with Crippen LogP contribution in [0, 0.1) is 5.92 Å². The quantitative estimate of drug-likeness (QED) is 0.721. The van der Waals surface area contributed by atoms with Gasteiger partial charge in [0.1, 0.15) is 0 Å². The van der Waals surface area contributed by atoms with Gasteiger partial charge in [0.05, 0.1) is 6.61 Å². The summed E-state index contributed by atoms with van der Waals surface area (Å²) in [7, 11) is 0. The van der Waals surface area contributed by atoms with Crippen LogP contribution in [0.3, 0.4) is 0 Å². The average Bonchev–Trinajstić information content (AvgIpc) is 2.85. The molecular formula is C16H24BrNOS. The van der Waals surface area contributed by atoms with E-state index in [9.17, 15) is 5.11 Å². The van der Waals surface area contributed by atoms with E-state index in [1.54, 1.807) is 0 Å². The number of thioether (sulfide) groups is 1. The summed E-state index contributed by atoms with van der Waals surface area (Å²) in [6.45, 7) is 3.34. The summed E-state index contributed by atoms with van der Waals surface area (Å²) in [5, 5.41) is 13.3. The van der Waals surface area contributed by atoms with Gasteiger partial charge >= 0.3 is 0 Å². The number of rotatable bonds is 7. The van der Waals surface area contributed by atoms with Crippen molar-refractivity contribution in [2.75, 3.05) is 18.9 Å². The van der Waals surface area contributed by atoms with Gasteiger partial charge in [0.15, 0.2) is 0 Å². The van der Waals surface area contributed by atoms with E-state index in [1.807, 2.05) is 11.8 Å². The van der Waals surface area contributed by atoms with Crippen LogP contribution >= 0.6 is 27.7 Å². The number of halogens is 1. The minimum absolute atomic E-state index is 0.0188. The second-order valence-corrected chi connectivity index (χ2v) is 7.61. The minimum Gasteiger partial charge on any atom is -0.394 e. The molecule has 2 unspecified atom stereocenters. The number of hydrogen-bond donors (Lipinski definition) is 2. The molecule has 4 heteroatoms. The molecule has 0 heterocycles. The molecule has 1 aliphatic rings. The molecule has 0 spiro atoms. The van der Waals surface area contributed by atoms with Crippen LogP contribution in [0.2, 0.25) is 0 Å². The number of aliphatic hydroxyl groups excluding tert-OH is 1. The van der Waals surface area contributed by atoms with E-state index >= 15 is 0 Å². The molecule has 0 saturated heterocycles. The Bertz CT molecular complexity index is 411. The van der Waals surface area contributed by atoms with E-state index in [2.05, 4.69) is 52.4 Å². The van der Waals surface area contributed by atoms with Gasteiger partial charge in [-0.3, -0.25) is 0 Å². The van der Waals surface area contributed by atoms with Crippen LogP contribution in [0.1, 0.15) is 32.6 Å². The molecule has 2 atom stereocenters.